The molecule has 2 aliphatic rings. The van der Waals surface area contributed by atoms with Crippen LogP contribution in [0.1, 0.15) is 36.5 Å². The minimum atomic E-state index is -0.653. The van der Waals surface area contributed by atoms with E-state index in [2.05, 4.69) is 27.3 Å². The van der Waals surface area contributed by atoms with Crippen LogP contribution in [0.15, 0.2) is 58.9 Å². The third-order valence-electron chi connectivity index (χ3n) is 6.29. The summed E-state index contributed by atoms with van der Waals surface area (Å²) >= 11 is 0. The fourth-order valence-electron chi connectivity index (χ4n) is 4.32. The van der Waals surface area contributed by atoms with Crippen molar-refractivity contribution in [3.8, 4) is 23.2 Å². The molecule has 1 unspecified atom stereocenters. The number of carbonyl (C=O) groups excluding carboxylic acids is 1. The number of rotatable bonds is 5. The molecule has 9 heteroatoms. The zero-order valence-electron chi connectivity index (χ0n) is 20.2. The Morgan fingerprint density at radius 3 is 2.89 bits per heavy atom. The molecule has 0 radical (unpaired) electrons. The van der Waals surface area contributed by atoms with E-state index in [1.54, 1.807) is 13.1 Å². The summed E-state index contributed by atoms with van der Waals surface area (Å²) in [6, 6.07) is 9.48. The third-order valence-corrected chi connectivity index (χ3v) is 6.29. The number of imidazole rings is 1. The summed E-state index contributed by atoms with van der Waals surface area (Å²) in [5.74, 6) is 7.82. The maximum atomic E-state index is 12.6. The van der Waals surface area contributed by atoms with Crippen molar-refractivity contribution in [1.82, 2.24) is 24.9 Å². The summed E-state index contributed by atoms with van der Waals surface area (Å²) in [4.78, 5) is 18.6. The molecule has 5 rings (SSSR count). The van der Waals surface area contributed by atoms with Crippen molar-refractivity contribution in [2.24, 2.45) is 0 Å². The van der Waals surface area contributed by atoms with Gasteiger partial charge < -0.3 is 29.2 Å². The van der Waals surface area contributed by atoms with Crippen LogP contribution in [0.3, 0.4) is 0 Å². The Balaban J connectivity index is 1.18. The van der Waals surface area contributed by atoms with Crippen LogP contribution in [0.4, 0.5) is 0 Å². The van der Waals surface area contributed by atoms with Crippen molar-refractivity contribution in [2.45, 2.75) is 32.0 Å². The van der Waals surface area contributed by atoms with Gasteiger partial charge in [-0.1, -0.05) is 23.1 Å². The van der Waals surface area contributed by atoms with E-state index < -0.39 is 6.10 Å². The first-order valence-electron chi connectivity index (χ1n) is 12.1. The van der Waals surface area contributed by atoms with Crippen LogP contribution < -0.4 is 5.32 Å². The number of nitrogens with zero attached hydrogens (tertiary/aromatic N) is 4. The van der Waals surface area contributed by atoms with Gasteiger partial charge in [0.2, 0.25) is 5.91 Å². The van der Waals surface area contributed by atoms with Crippen LogP contribution in [0, 0.1) is 11.8 Å². The first-order chi connectivity index (χ1) is 17.6. The number of benzene rings is 1. The lowest BCUT2D eigenvalue weighted by Crippen LogP contribution is -2.53. The van der Waals surface area contributed by atoms with Crippen LogP contribution in [-0.4, -0.2) is 69.5 Å². The number of hydrogen-bond donors (Lipinski definition) is 2. The molecule has 2 N–H and O–H groups in total. The molecule has 4 heterocycles. The van der Waals surface area contributed by atoms with Crippen molar-refractivity contribution in [3.63, 3.8) is 0 Å². The molecular formula is C27H29N5O4. The predicted molar refractivity (Wildman–Crippen MR) is 133 cm³/mol. The molecule has 36 heavy (non-hydrogen) atoms. The molecule has 0 saturated carbocycles. The number of aliphatic hydroxyl groups excluding tert-OH is 1. The van der Waals surface area contributed by atoms with Crippen molar-refractivity contribution in [3.05, 3.63) is 71.5 Å². The van der Waals surface area contributed by atoms with Crippen LogP contribution in [-0.2, 0) is 16.1 Å². The molecular weight excluding hydrogens is 458 g/mol. The van der Waals surface area contributed by atoms with Gasteiger partial charge in [0.25, 0.3) is 0 Å². The molecule has 2 aliphatic heterocycles. The quantitative estimate of drug-likeness (QED) is 0.531. The average Bonchev–Trinajstić information content (AvgIpc) is 3.58. The maximum absolute atomic E-state index is 12.6. The number of aromatic nitrogens is 3. The van der Waals surface area contributed by atoms with Crippen LogP contribution in [0.5, 0.6) is 0 Å². The highest BCUT2D eigenvalue weighted by Gasteiger charge is 2.27. The number of ether oxygens (including phenoxy) is 1. The molecule has 186 valence electrons. The van der Waals surface area contributed by atoms with E-state index >= 15 is 0 Å². The van der Waals surface area contributed by atoms with Gasteiger partial charge in [-0.15, -0.1) is 0 Å². The van der Waals surface area contributed by atoms with Gasteiger partial charge in [0.1, 0.15) is 23.7 Å². The zero-order chi connectivity index (χ0) is 24.9. The lowest BCUT2D eigenvalue weighted by atomic mass is 10.1. The second kappa shape index (κ2) is 10.9. The Kier molecular flexibility index (Phi) is 7.28. The van der Waals surface area contributed by atoms with Gasteiger partial charge in [-0.25, -0.2) is 4.98 Å². The Morgan fingerprint density at radius 2 is 2.17 bits per heavy atom. The van der Waals surface area contributed by atoms with Gasteiger partial charge in [-0.3, -0.25) is 4.79 Å². The minimum Gasteiger partial charge on any atom is -0.385 e. The number of carbonyl (C=O) groups is 1. The highest BCUT2D eigenvalue weighted by Crippen LogP contribution is 2.22. The number of hydrogen-bond acceptors (Lipinski definition) is 7. The number of nitrogens with one attached hydrogen (secondary N) is 1. The maximum Gasteiger partial charge on any atom is 0.242 e. The first-order valence-corrected chi connectivity index (χ1v) is 12.1. The summed E-state index contributed by atoms with van der Waals surface area (Å²) in [5.41, 5.74) is 3.61. The van der Waals surface area contributed by atoms with Gasteiger partial charge >= 0.3 is 0 Å². The first kappa shape index (κ1) is 24.0. The monoisotopic (exact) mass is 487 g/mol. The lowest BCUT2D eigenvalue weighted by molar-refractivity contribution is -0.136. The Labute approximate surface area is 209 Å². The van der Waals surface area contributed by atoms with Crippen LogP contribution in [0.2, 0.25) is 0 Å². The van der Waals surface area contributed by atoms with E-state index in [1.807, 2.05) is 52.1 Å². The Morgan fingerprint density at radius 1 is 1.31 bits per heavy atom. The van der Waals surface area contributed by atoms with E-state index in [4.69, 9.17) is 9.26 Å². The molecule has 9 nitrogen and oxygen atoms in total. The summed E-state index contributed by atoms with van der Waals surface area (Å²) in [5, 5.41) is 17.2. The van der Waals surface area contributed by atoms with E-state index in [0.29, 0.717) is 51.0 Å². The van der Waals surface area contributed by atoms with E-state index in [-0.39, 0.29) is 11.9 Å². The zero-order valence-corrected chi connectivity index (χ0v) is 20.2. The SMILES string of the molecule is C[C@H](O)c1nccn1Cc1cc(-c2ccc(C#CC3=CCN(C(=O)C4COCCN4)CC3)cc2)on1. The van der Waals surface area contributed by atoms with Crippen molar-refractivity contribution in [2.75, 3.05) is 32.8 Å². The second-order valence-electron chi connectivity index (χ2n) is 8.94. The van der Waals surface area contributed by atoms with Gasteiger partial charge in [0.15, 0.2) is 5.76 Å². The lowest BCUT2D eigenvalue weighted by Gasteiger charge is -2.31. The standard InChI is InChI=1S/C27H29N5O4/c1-19(33)26-29-10-14-32(26)17-23-16-25(36-30-23)22-6-4-20(5-7-22)2-3-21-8-12-31(13-9-21)27(34)24-18-35-15-11-28-24/h4-8,10,14,16,19,24,28,33H,9,11-13,15,17-18H2,1H3/t19-,24?/m0/s1. The van der Waals surface area contributed by atoms with Crippen molar-refractivity contribution < 1.29 is 19.2 Å². The summed E-state index contributed by atoms with van der Waals surface area (Å²) in [6.45, 7) is 5.20. The molecule has 1 amide bonds. The number of amides is 1. The second-order valence-corrected chi connectivity index (χ2v) is 8.94. The Hall–Kier alpha value is -3.71. The molecule has 0 aliphatic carbocycles. The van der Waals surface area contributed by atoms with Gasteiger partial charge in [-0.2, -0.15) is 0 Å². The third kappa shape index (κ3) is 5.57. The summed E-state index contributed by atoms with van der Waals surface area (Å²) in [7, 11) is 0. The molecule has 0 spiro atoms. The van der Waals surface area contributed by atoms with Gasteiger partial charge in [0.05, 0.1) is 19.8 Å². The summed E-state index contributed by atoms with van der Waals surface area (Å²) < 4.78 is 12.8. The Bertz CT molecular complexity index is 1290. The minimum absolute atomic E-state index is 0.0949. The average molecular weight is 488 g/mol. The van der Waals surface area contributed by atoms with E-state index in [1.165, 1.54) is 0 Å². The largest absolute Gasteiger partial charge is 0.385 e. The van der Waals surface area contributed by atoms with Crippen LogP contribution >= 0.6 is 0 Å². The van der Waals surface area contributed by atoms with Crippen molar-refractivity contribution >= 4 is 5.91 Å². The topological polar surface area (TPSA) is 106 Å². The van der Waals surface area contributed by atoms with E-state index in [9.17, 15) is 9.90 Å². The molecule has 1 saturated heterocycles. The molecule has 3 aromatic rings. The van der Waals surface area contributed by atoms with Crippen LogP contribution in [0.25, 0.3) is 11.3 Å². The van der Waals surface area contributed by atoms with Crippen molar-refractivity contribution in [1.29, 1.82) is 0 Å². The molecule has 1 aromatic carbocycles. The normalized spacial score (nSPS) is 18.8. The molecule has 0 bridgehead atoms. The molecule has 2 aromatic heterocycles. The summed E-state index contributed by atoms with van der Waals surface area (Å²) in [6.07, 6.45) is 5.60. The highest BCUT2D eigenvalue weighted by molar-refractivity contribution is 5.82. The van der Waals surface area contributed by atoms with Gasteiger partial charge in [0, 0.05) is 54.8 Å². The fourth-order valence-corrected chi connectivity index (χ4v) is 4.32. The molecule has 2 atom stereocenters. The van der Waals surface area contributed by atoms with Gasteiger partial charge in [-0.05, 0) is 37.6 Å². The van der Waals surface area contributed by atoms with E-state index in [0.717, 1.165) is 28.8 Å². The fraction of sp³-hybridized carbons (Fsp3) is 0.370. The predicted octanol–water partition coefficient (Wildman–Crippen LogP) is 2.14. The number of aliphatic hydroxyl groups is 1. The molecule has 1 fully saturated rings. The smallest absolute Gasteiger partial charge is 0.242 e. The highest BCUT2D eigenvalue weighted by atomic mass is 16.5. The number of morpholine rings is 1.